The fourth-order valence-corrected chi connectivity index (χ4v) is 3.11. The number of halogens is 9. The molecule has 3 rings (SSSR count). The zero-order valence-corrected chi connectivity index (χ0v) is 18.3. The van der Waals surface area contributed by atoms with Crippen LogP contribution < -0.4 is 10.9 Å². The van der Waals surface area contributed by atoms with Crippen LogP contribution in [0.3, 0.4) is 0 Å². The van der Waals surface area contributed by atoms with Crippen molar-refractivity contribution in [3.63, 3.8) is 0 Å². The molecule has 37 heavy (non-hydrogen) atoms. The van der Waals surface area contributed by atoms with Gasteiger partial charge in [-0.2, -0.15) is 39.5 Å². The average molecular weight is 539 g/mol. The number of rotatable bonds is 5. The van der Waals surface area contributed by atoms with Crippen molar-refractivity contribution in [1.82, 2.24) is 9.55 Å². The van der Waals surface area contributed by atoms with Gasteiger partial charge in [0.15, 0.2) is 5.69 Å². The van der Waals surface area contributed by atoms with E-state index >= 15 is 0 Å². The lowest BCUT2D eigenvalue weighted by Crippen LogP contribution is -2.26. The van der Waals surface area contributed by atoms with E-state index in [1.54, 1.807) is 0 Å². The van der Waals surface area contributed by atoms with Crippen LogP contribution in [0.1, 0.15) is 34.1 Å². The predicted molar refractivity (Wildman–Crippen MR) is 111 cm³/mol. The molecule has 1 aromatic heterocycles. The van der Waals surface area contributed by atoms with Gasteiger partial charge in [0.2, 0.25) is 5.95 Å². The highest BCUT2D eigenvalue weighted by Gasteiger charge is 2.39. The van der Waals surface area contributed by atoms with E-state index in [9.17, 15) is 49.1 Å². The van der Waals surface area contributed by atoms with Crippen molar-refractivity contribution < 1.29 is 49.0 Å². The lowest BCUT2D eigenvalue weighted by Gasteiger charge is -2.20. The summed E-state index contributed by atoms with van der Waals surface area (Å²) in [6.07, 6.45) is -15.7. The van der Waals surface area contributed by atoms with E-state index < -0.39 is 58.5 Å². The molecule has 6 nitrogen and oxygen atoms in total. The third-order valence-electron chi connectivity index (χ3n) is 4.74. The van der Waals surface area contributed by atoms with Crippen LogP contribution in [0, 0.1) is 0 Å². The number of nitrogens with zero attached hydrogens (tertiary/aromatic N) is 2. The summed E-state index contributed by atoms with van der Waals surface area (Å²) in [6, 6.07) is 4.94. The Morgan fingerprint density at radius 1 is 0.892 bits per heavy atom. The van der Waals surface area contributed by atoms with Gasteiger partial charge >= 0.3 is 24.5 Å². The maximum absolute atomic E-state index is 13.6. The molecular formula is C22H14F9N3O3. The van der Waals surface area contributed by atoms with Crippen LogP contribution in [0.5, 0.6) is 0 Å². The number of ether oxygens (including phenoxy) is 1. The van der Waals surface area contributed by atoms with Crippen LogP contribution in [-0.4, -0.2) is 22.1 Å². The molecule has 1 N–H and O–H groups in total. The molecule has 0 saturated heterocycles. The molecule has 198 valence electrons. The molecule has 2 aromatic carbocycles. The molecule has 0 spiro atoms. The second-order valence-corrected chi connectivity index (χ2v) is 7.28. The van der Waals surface area contributed by atoms with E-state index in [1.807, 2.05) is 5.32 Å². The Morgan fingerprint density at radius 2 is 1.51 bits per heavy atom. The molecule has 0 saturated carbocycles. The van der Waals surface area contributed by atoms with Gasteiger partial charge in [0.25, 0.3) is 5.56 Å². The van der Waals surface area contributed by atoms with Crippen molar-refractivity contribution in [2.24, 2.45) is 0 Å². The molecule has 3 aromatic rings. The van der Waals surface area contributed by atoms with Crippen LogP contribution in [0.25, 0.3) is 5.69 Å². The van der Waals surface area contributed by atoms with E-state index in [0.29, 0.717) is 10.6 Å². The second-order valence-electron chi connectivity index (χ2n) is 7.28. The van der Waals surface area contributed by atoms with Crippen molar-refractivity contribution in [1.29, 1.82) is 0 Å². The topological polar surface area (TPSA) is 73.2 Å². The smallest absolute Gasteiger partial charge is 0.433 e. The molecular weight excluding hydrogens is 525 g/mol. The van der Waals surface area contributed by atoms with Gasteiger partial charge in [-0.05, 0) is 49.4 Å². The molecule has 0 unspecified atom stereocenters. The van der Waals surface area contributed by atoms with E-state index in [2.05, 4.69) is 4.98 Å². The minimum absolute atomic E-state index is 0.00451. The Balaban J connectivity index is 2.20. The number of hydrogen-bond acceptors (Lipinski definition) is 5. The summed E-state index contributed by atoms with van der Waals surface area (Å²) >= 11 is 0. The second kappa shape index (κ2) is 9.78. The van der Waals surface area contributed by atoms with Gasteiger partial charge in [0.1, 0.15) is 0 Å². The fourth-order valence-electron chi connectivity index (χ4n) is 3.11. The molecule has 0 aliphatic carbocycles. The van der Waals surface area contributed by atoms with Crippen molar-refractivity contribution in [3.8, 4) is 5.69 Å². The molecule has 0 bridgehead atoms. The van der Waals surface area contributed by atoms with Crippen LogP contribution in [-0.2, 0) is 23.3 Å². The summed E-state index contributed by atoms with van der Waals surface area (Å²) in [5.41, 5.74) is -7.98. The van der Waals surface area contributed by atoms with Crippen LogP contribution in [0.4, 0.5) is 51.1 Å². The highest BCUT2D eigenvalue weighted by molar-refractivity contribution is 5.89. The highest BCUT2D eigenvalue weighted by atomic mass is 19.4. The largest absolute Gasteiger partial charge is 0.462 e. The van der Waals surface area contributed by atoms with Crippen LogP contribution >= 0.6 is 0 Å². The van der Waals surface area contributed by atoms with Crippen molar-refractivity contribution in [2.75, 3.05) is 11.9 Å². The summed E-state index contributed by atoms with van der Waals surface area (Å²) in [5.74, 6) is -1.83. The van der Waals surface area contributed by atoms with Gasteiger partial charge in [0, 0.05) is 6.07 Å². The summed E-state index contributed by atoms with van der Waals surface area (Å²) in [7, 11) is 0. The lowest BCUT2D eigenvalue weighted by atomic mass is 10.1. The Bertz CT molecular complexity index is 1360. The van der Waals surface area contributed by atoms with Gasteiger partial charge in [-0.3, -0.25) is 4.79 Å². The number of aromatic nitrogens is 2. The molecule has 0 aliphatic heterocycles. The average Bonchev–Trinajstić information content (AvgIpc) is 2.77. The third kappa shape index (κ3) is 6.21. The van der Waals surface area contributed by atoms with Gasteiger partial charge < -0.3 is 10.1 Å². The number of hydrogen-bond donors (Lipinski definition) is 1. The normalized spacial score (nSPS) is 12.4. The van der Waals surface area contributed by atoms with Gasteiger partial charge in [0.05, 0.1) is 34.7 Å². The first kappa shape index (κ1) is 27.5. The summed E-state index contributed by atoms with van der Waals surface area (Å²) < 4.78 is 125. The van der Waals surface area contributed by atoms with E-state index in [-0.39, 0.29) is 36.1 Å². The summed E-state index contributed by atoms with van der Waals surface area (Å²) in [5, 5.41) is 1.91. The summed E-state index contributed by atoms with van der Waals surface area (Å²) in [6.45, 7) is 1.57. The molecule has 0 atom stereocenters. The number of carbonyl (C=O) groups is 1. The number of alkyl halides is 9. The highest BCUT2D eigenvalue weighted by Crippen LogP contribution is 2.40. The molecule has 0 aliphatic rings. The number of carbonyl (C=O) groups excluding carboxylic acids is 1. The zero-order valence-electron chi connectivity index (χ0n) is 18.3. The number of esters is 1. The molecule has 1 heterocycles. The summed E-state index contributed by atoms with van der Waals surface area (Å²) in [4.78, 5) is 27.6. The Hall–Kier alpha value is -4.04. The first-order valence-electron chi connectivity index (χ1n) is 10.1. The standard InChI is InChI=1S/C22H14F9N3O3/c1-2-37-18(36)11-3-6-13(7-4-11)34-17(35)10-16(22(29,30)31)33-19(34)32-15-8-5-12(20(23,24)25)9-14(15)21(26,27)28/h3-10H,2H2,1H3,(H,32,33). The Labute approximate surface area is 201 Å². The predicted octanol–water partition coefficient (Wildman–Crippen LogP) is 6.21. The van der Waals surface area contributed by atoms with Gasteiger partial charge in [-0.1, -0.05) is 0 Å². The Morgan fingerprint density at radius 3 is 2.03 bits per heavy atom. The first-order chi connectivity index (χ1) is 17.0. The van der Waals surface area contributed by atoms with Gasteiger partial charge in [-0.15, -0.1) is 0 Å². The molecule has 15 heteroatoms. The van der Waals surface area contributed by atoms with Crippen molar-refractivity contribution in [2.45, 2.75) is 25.5 Å². The monoisotopic (exact) mass is 539 g/mol. The minimum atomic E-state index is -5.36. The molecule has 0 fully saturated rings. The van der Waals surface area contributed by atoms with Crippen LogP contribution in [0.2, 0.25) is 0 Å². The van der Waals surface area contributed by atoms with Crippen molar-refractivity contribution >= 4 is 17.6 Å². The SMILES string of the molecule is CCOC(=O)c1ccc(-n2c(Nc3ccc(C(F)(F)F)cc3C(F)(F)F)nc(C(F)(F)F)cc2=O)cc1. The number of nitrogens with one attached hydrogen (secondary N) is 1. The minimum Gasteiger partial charge on any atom is -0.462 e. The van der Waals surface area contributed by atoms with E-state index in [0.717, 1.165) is 24.3 Å². The number of anilines is 2. The lowest BCUT2D eigenvalue weighted by molar-refractivity contribution is -0.143. The fraction of sp³-hybridized carbons (Fsp3) is 0.227. The zero-order chi connectivity index (χ0) is 27.8. The quantitative estimate of drug-likeness (QED) is 0.309. The molecule has 0 radical (unpaired) electrons. The number of benzene rings is 2. The van der Waals surface area contributed by atoms with E-state index in [4.69, 9.17) is 4.74 Å². The Kier molecular flexibility index (Phi) is 7.28. The maximum Gasteiger partial charge on any atom is 0.433 e. The van der Waals surface area contributed by atoms with E-state index in [1.165, 1.54) is 6.92 Å². The maximum atomic E-state index is 13.6. The van der Waals surface area contributed by atoms with Crippen LogP contribution in [0.15, 0.2) is 53.3 Å². The molecule has 0 amide bonds. The third-order valence-corrected chi connectivity index (χ3v) is 4.74. The first-order valence-corrected chi connectivity index (χ1v) is 10.1. The van der Waals surface area contributed by atoms with Gasteiger partial charge in [-0.25, -0.2) is 14.3 Å². The van der Waals surface area contributed by atoms with Crippen molar-refractivity contribution in [3.05, 3.63) is 81.3 Å².